The third kappa shape index (κ3) is 8.39. The lowest BCUT2D eigenvalue weighted by Gasteiger charge is -2.35. The van der Waals surface area contributed by atoms with Crippen LogP contribution in [0.2, 0.25) is 0 Å². The van der Waals surface area contributed by atoms with E-state index >= 15 is 0 Å². The van der Waals surface area contributed by atoms with Gasteiger partial charge < -0.3 is 15.3 Å². The molecule has 1 heterocycles. The van der Waals surface area contributed by atoms with Crippen molar-refractivity contribution in [1.29, 1.82) is 0 Å². The van der Waals surface area contributed by atoms with Crippen molar-refractivity contribution in [2.45, 2.75) is 78.7 Å². The van der Waals surface area contributed by atoms with E-state index in [1.54, 1.807) is 4.90 Å². The summed E-state index contributed by atoms with van der Waals surface area (Å²) in [6.45, 7) is 12.8. The van der Waals surface area contributed by atoms with Crippen LogP contribution in [0.15, 0.2) is 46.7 Å². The molecular weight excluding hydrogens is 400 g/mol. The average molecular weight is 437 g/mol. The first kappa shape index (κ1) is 26.0. The van der Waals surface area contributed by atoms with Crippen molar-refractivity contribution >= 4 is 23.6 Å². The van der Waals surface area contributed by atoms with E-state index in [0.29, 0.717) is 18.0 Å². The maximum absolute atomic E-state index is 12.6. The van der Waals surface area contributed by atoms with Gasteiger partial charge in [-0.15, -0.1) is 0 Å². The number of nitrogens with zero attached hydrogens (tertiary/aromatic N) is 1. The van der Waals surface area contributed by atoms with Gasteiger partial charge in [-0.25, -0.2) is 4.79 Å². The standard InChI is InChI=1S/C24H37ClN2O3/c1-6-8-9-10-12-18(5)21(25)15-19(7-2)23-20(17(3)4)16-27(24(30)26-23)14-11-13-22(28)29/h7,15-17,23H,5-6,8-14H2,1-4H3,(H,26,30)(H,28,29)/b19-7+,21-15+. The summed E-state index contributed by atoms with van der Waals surface area (Å²) in [6, 6.07) is -0.489. The van der Waals surface area contributed by atoms with Gasteiger partial charge in [-0.3, -0.25) is 4.79 Å². The highest BCUT2D eigenvalue weighted by molar-refractivity contribution is 6.32. The van der Waals surface area contributed by atoms with E-state index in [-0.39, 0.29) is 24.4 Å². The summed E-state index contributed by atoms with van der Waals surface area (Å²) in [7, 11) is 0. The Bertz CT molecular complexity index is 707. The Morgan fingerprint density at radius 2 is 2.00 bits per heavy atom. The van der Waals surface area contributed by atoms with Crippen LogP contribution in [-0.2, 0) is 4.79 Å². The Labute approximate surface area is 186 Å². The van der Waals surface area contributed by atoms with Crippen LogP contribution < -0.4 is 5.32 Å². The summed E-state index contributed by atoms with van der Waals surface area (Å²) in [6.07, 6.45) is 11.7. The van der Waals surface area contributed by atoms with Crippen molar-refractivity contribution in [3.8, 4) is 0 Å². The molecule has 30 heavy (non-hydrogen) atoms. The minimum Gasteiger partial charge on any atom is -0.481 e. The number of carboxylic acids is 1. The number of halogens is 1. The lowest BCUT2D eigenvalue weighted by molar-refractivity contribution is -0.137. The van der Waals surface area contributed by atoms with Crippen LogP contribution in [-0.4, -0.2) is 34.6 Å². The second kappa shape index (κ2) is 13.3. The monoisotopic (exact) mass is 436 g/mol. The van der Waals surface area contributed by atoms with Gasteiger partial charge in [-0.2, -0.15) is 0 Å². The van der Waals surface area contributed by atoms with Crippen molar-refractivity contribution in [2.75, 3.05) is 6.54 Å². The molecule has 0 fully saturated rings. The maximum Gasteiger partial charge on any atom is 0.322 e. The molecule has 1 rings (SSSR count). The van der Waals surface area contributed by atoms with Crippen LogP contribution in [0.4, 0.5) is 4.79 Å². The molecule has 6 heteroatoms. The van der Waals surface area contributed by atoms with Crippen molar-refractivity contribution in [1.82, 2.24) is 10.2 Å². The molecule has 1 aliphatic rings. The van der Waals surface area contributed by atoms with E-state index in [0.717, 1.165) is 29.6 Å². The molecule has 2 amide bonds. The normalized spacial score (nSPS) is 17.8. The van der Waals surface area contributed by atoms with Gasteiger partial charge in [0.05, 0.1) is 6.04 Å². The van der Waals surface area contributed by atoms with Gasteiger partial charge in [0, 0.05) is 24.2 Å². The summed E-state index contributed by atoms with van der Waals surface area (Å²) < 4.78 is 0. The Balaban J connectivity index is 2.95. The van der Waals surface area contributed by atoms with Crippen LogP contribution in [0.5, 0.6) is 0 Å². The first-order chi connectivity index (χ1) is 14.2. The molecule has 168 valence electrons. The van der Waals surface area contributed by atoms with Crippen LogP contribution in [0.25, 0.3) is 0 Å². The van der Waals surface area contributed by atoms with Crippen molar-refractivity contribution in [3.63, 3.8) is 0 Å². The fraction of sp³-hybridized carbons (Fsp3) is 0.583. The Morgan fingerprint density at radius 3 is 2.57 bits per heavy atom. The number of hydrogen-bond acceptors (Lipinski definition) is 2. The highest BCUT2D eigenvalue weighted by Crippen LogP contribution is 2.28. The predicted molar refractivity (Wildman–Crippen MR) is 124 cm³/mol. The van der Waals surface area contributed by atoms with Gasteiger partial charge in [0.2, 0.25) is 0 Å². The number of carbonyl (C=O) groups is 2. The summed E-state index contributed by atoms with van der Waals surface area (Å²) >= 11 is 6.55. The van der Waals surface area contributed by atoms with Crippen molar-refractivity contribution < 1.29 is 14.7 Å². The first-order valence-corrected chi connectivity index (χ1v) is 11.3. The molecule has 0 saturated carbocycles. The number of carboxylic acid groups (broad SMARTS) is 1. The minimum absolute atomic E-state index is 0.0386. The number of carbonyl (C=O) groups excluding carboxylic acids is 1. The highest BCUT2D eigenvalue weighted by Gasteiger charge is 2.29. The lowest BCUT2D eigenvalue weighted by Crippen LogP contribution is -2.49. The summed E-state index contributed by atoms with van der Waals surface area (Å²) in [4.78, 5) is 24.9. The van der Waals surface area contributed by atoms with Gasteiger partial charge >= 0.3 is 12.0 Å². The van der Waals surface area contributed by atoms with Gasteiger partial charge in [0.1, 0.15) is 0 Å². The van der Waals surface area contributed by atoms with E-state index in [1.165, 1.54) is 19.3 Å². The summed E-state index contributed by atoms with van der Waals surface area (Å²) in [5.74, 6) is -0.652. The van der Waals surface area contributed by atoms with Gasteiger partial charge in [-0.05, 0) is 54.9 Å². The highest BCUT2D eigenvalue weighted by atomic mass is 35.5. The van der Waals surface area contributed by atoms with E-state index in [4.69, 9.17) is 16.7 Å². The molecule has 0 spiro atoms. The molecule has 0 aliphatic carbocycles. The zero-order valence-electron chi connectivity index (χ0n) is 18.8. The molecule has 0 radical (unpaired) electrons. The number of hydrogen-bond donors (Lipinski definition) is 2. The van der Waals surface area contributed by atoms with Gasteiger partial charge in [0.25, 0.3) is 0 Å². The van der Waals surface area contributed by atoms with Crippen molar-refractivity contribution in [2.24, 2.45) is 5.92 Å². The number of urea groups is 1. The lowest BCUT2D eigenvalue weighted by atomic mass is 9.89. The van der Waals surface area contributed by atoms with E-state index < -0.39 is 5.97 Å². The number of unbranched alkanes of at least 4 members (excludes halogenated alkanes) is 3. The molecule has 0 aromatic rings. The third-order valence-electron chi connectivity index (χ3n) is 5.25. The molecule has 1 aliphatic heterocycles. The van der Waals surface area contributed by atoms with E-state index in [1.807, 2.05) is 25.3 Å². The predicted octanol–water partition coefficient (Wildman–Crippen LogP) is 6.38. The molecule has 0 aromatic heterocycles. The molecule has 2 N–H and O–H groups in total. The maximum atomic E-state index is 12.6. The fourth-order valence-electron chi connectivity index (χ4n) is 3.39. The second-order valence-electron chi connectivity index (χ2n) is 8.05. The van der Waals surface area contributed by atoms with Crippen LogP contribution in [0, 0.1) is 5.92 Å². The zero-order valence-corrected chi connectivity index (χ0v) is 19.6. The van der Waals surface area contributed by atoms with E-state index in [9.17, 15) is 9.59 Å². The molecule has 1 atom stereocenters. The minimum atomic E-state index is -0.857. The third-order valence-corrected chi connectivity index (χ3v) is 5.63. The number of rotatable bonds is 13. The zero-order chi connectivity index (χ0) is 22.7. The quantitative estimate of drug-likeness (QED) is 0.260. The summed E-state index contributed by atoms with van der Waals surface area (Å²) in [5, 5.41) is 12.5. The average Bonchev–Trinajstić information content (AvgIpc) is 2.69. The molecule has 0 saturated heterocycles. The first-order valence-electron chi connectivity index (χ1n) is 10.9. The molecule has 1 unspecified atom stereocenters. The fourth-order valence-corrected chi connectivity index (χ4v) is 3.61. The topological polar surface area (TPSA) is 69.6 Å². The molecule has 5 nitrogen and oxygen atoms in total. The Kier molecular flexibility index (Phi) is 11.6. The second-order valence-corrected chi connectivity index (χ2v) is 8.46. The SMILES string of the molecule is C=C(CCCCCC)/C(Cl)=C\C(=C/C)C1NC(=O)N(CCCC(=O)O)C=C1C(C)C. The Hall–Kier alpha value is -2.01. The molecule has 0 aromatic carbocycles. The van der Waals surface area contributed by atoms with Crippen molar-refractivity contribution in [3.05, 3.63) is 46.7 Å². The molecular formula is C24H37ClN2O3. The Morgan fingerprint density at radius 1 is 1.30 bits per heavy atom. The molecule has 0 bridgehead atoms. The number of aliphatic carboxylic acids is 1. The van der Waals surface area contributed by atoms with Crippen LogP contribution >= 0.6 is 11.6 Å². The van der Waals surface area contributed by atoms with Gasteiger partial charge in [-0.1, -0.05) is 64.3 Å². The largest absolute Gasteiger partial charge is 0.481 e. The summed E-state index contributed by atoms with van der Waals surface area (Å²) in [5.41, 5.74) is 2.90. The van der Waals surface area contributed by atoms with Gasteiger partial charge in [0.15, 0.2) is 0 Å². The smallest absolute Gasteiger partial charge is 0.322 e. The van der Waals surface area contributed by atoms with Crippen LogP contribution in [0.3, 0.4) is 0 Å². The number of allylic oxidation sites excluding steroid dienone is 3. The van der Waals surface area contributed by atoms with Crippen LogP contribution in [0.1, 0.15) is 72.6 Å². The number of nitrogens with one attached hydrogen (secondary N) is 1. The van der Waals surface area contributed by atoms with E-state index in [2.05, 4.69) is 32.7 Å². The number of amides is 2.